The summed E-state index contributed by atoms with van der Waals surface area (Å²) in [7, 11) is 1.63. The number of hydrogen-bond acceptors (Lipinski definition) is 7. The first-order valence-electron chi connectivity index (χ1n) is 15.0. The summed E-state index contributed by atoms with van der Waals surface area (Å²) in [5, 5.41) is 2.75. The molecule has 5 aromatic rings. The van der Waals surface area contributed by atoms with Crippen LogP contribution >= 0.6 is 11.3 Å². The van der Waals surface area contributed by atoms with Crippen LogP contribution in [-0.2, 0) is 13.0 Å². The normalized spacial score (nSPS) is 13.8. The molecule has 2 aromatic heterocycles. The molecule has 3 aromatic carbocycles. The number of anilines is 3. The van der Waals surface area contributed by atoms with Crippen molar-refractivity contribution < 1.29 is 23.5 Å². The lowest BCUT2D eigenvalue weighted by Gasteiger charge is -2.24. The topological polar surface area (TPSA) is 84.0 Å². The van der Waals surface area contributed by atoms with Crippen molar-refractivity contribution in [1.82, 2.24) is 4.98 Å². The highest BCUT2D eigenvalue weighted by atomic mass is 32.1. The van der Waals surface area contributed by atoms with Crippen molar-refractivity contribution in [2.45, 2.75) is 19.9 Å². The molecule has 0 saturated carbocycles. The molecule has 0 unspecified atom stereocenters. The Bertz CT molecular complexity index is 1960. The summed E-state index contributed by atoms with van der Waals surface area (Å²) in [4.78, 5) is 37.4. The minimum Gasteiger partial charge on any atom is -0.497 e. The Labute approximate surface area is 270 Å². The van der Waals surface area contributed by atoms with Crippen LogP contribution in [0, 0.1) is 12.7 Å². The monoisotopic (exact) mass is 634 g/mol. The van der Waals surface area contributed by atoms with Crippen LogP contribution in [0.2, 0.25) is 0 Å². The number of halogens is 1. The summed E-state index contributed by atoms with van der Waals surface area (Å²) in [6.45, 7) is 3.84. The molecule has 232 valence electrons. The van der Waals surface area contributed by atoms with E-state index < -0.39 is 5.82 Å². The van der Waals surface area contributed by atoms with Crippen molar-refractivity contribution >= 4 is 40.3 Å². The van der Waals surface area contributed by atoms with Crippen LogP contribution in [-0.4, -0.2) is 43.6 Å². The Morgan fingerprint density at radius 3 is 2.67 bits per heavy atom. The predicted octanol–water partition coefficient (Wildman–Crippen LogP) is 7.12. The van der Waals surface area contributed by atoms with E-state index in [0.717, 1.165) is 38.8 Å². The maximum Gasteiger partial charge on any atom is 0.276 e. The van der Waals surface area contributed by atoms with Gasteiger partial charge in [-0.05, 0) is 66.9 Å². The highest BCUT2D eigenvalue weighted by molar-refractivity contribution is 7.17. The maximum atomic E-state index is 14.4. The summed E-state index contributed by atoms with van der Waals surface area (Å²) in [6.07, 6.45) is 0.543. The summed E-state index contributed by atoms with van der Waals surface area (Å²) in [5.74, 6) is 1.18. The first kappa shape index (κ1) is 29.5. The van der Waals surface area contributed by atoms with Crippen LogP contribution in [0.3, 0.4) is 0 Å². The van der Waals surface area contributed by atoms with Gasteiger partial charge in [0.15, 0.2) is 0 Å². The summed E-state index contributed by atoms with van der Waals surface area (Å²) >= 11 is 1.35. The van der Waals surface area contributed by atoms with E-state index in [1.165, 1.54) is 17.4 Å². The van der Waals surface area contributed by atoms with E-state index in [0.29, 0.717) is 54.6 Å². The Morgan fingerprint density at radius 1 is 0.978 bits per heavy atom. The second-order valence-corrected chi connectivity index (χ2v) is 12.3. The number of amides is 2. The average molecular weight is 635 g/mol. The number of methoxy groups -OCH3 is 1. The number of ether oxygens (including phenoxy) is 2. The Kier molecular flexibility index (Phi) is 7.88. The standard InChI is InChI=1S/C36H31FN4O4S/c1-22-7-5-9-27(37)33(22)39-35(42)31-19-23-15-16-41(29-11-4-3-8-26(29)34(23)46-31)36(43)28-10-6-12-32(38-28)40-17-18-45-30-20-25(44-2)14-13-24(30)21-40/h3-14,19-20H,15-18,21H2,1-2H3,(H,39,42). The van der Waals surface area contributed by atoms with Crippen LogP contribution in [0.4, 0.5) is 21.6 Å². The van der Waals surface area contributed by atoms with E-state index in [9.17, 15) is 14.0 Å². The fourth-order valence-electron chi connectivity index (χ4n) is 5.91. The molecule has 46 heavy (non-hydrogen) atoms. The molecule has 0 saturated heterocycles. The first-order chi connectivity index (χ1) is 22.4. The van der Waals surface area contributed by atoms with Gasteiger partial charge in [0.2, 0.25) is 0 Å². The zero-order valence-electron chi connectivity index (χ0n) is 25.4. The average Bonchev–Trinajstić information content (AvgIpc) is 3.30. The zero-order chi connectivity index (χ0) is 31.8. The lowest BCUT2D eigenvalue weighted by molar-refractivity contribution is 0.0981. The first-order valence-corrected chi connectivity index (χ1v) is 15.8. The fraction of sp³-hybridized carbons (Fsp3) is 0.194. The quantitative estimate of drug-likeness (QED) is 0.222. The van der Waals surface area contributed by atoms with Crippen molar-refractivity contribution in [3.05, 3.63) is 118 Å². The number of rotatable bonds is 5. The highest BCUT2D eigenvalue weighted by Crippen LogP contribution is 2.42. The molecule has 0 spiro atoms. The third kappa shape index (κ3) is 5.56. The molecule has 0 bridgehead atoms. The largest absolute Gasteiger partial charge is 0.497 e. The number of hydrogen-bond donors (Lipinski definition) is 1. The molecule has 2 aliphatic rings. The minimum absolute atomic E-state index is 0.181. The molecule has 0 atom stereocenters. The number of aromatic nitrogens is 1. The number of para-hydroxylation sites is 2. The lowest BCUT2D eigenvalue weighted by Crippen LogP contribution is -2.34. The van der Waals surface area contributed by atoms with Crippen LogP contribution < -0.4 is 24.6 Å². The van der Waals surface area contributed by atoms with Gasteiger partial charge in [-0.2, -0.15) is 0 Å². The molecule has 4 heterocycles. The number of nitrogens with one attached hydrogen (secondary N) is 1. The lowest BCUT2D eigenvalue weighted by atomic mass is 10.1. The van der Waals surface area contributed by atoms with E-state index >= 15 is 0 Å². The summed E-state index contributed by atoms with van der Waals surface area (Å²) in [5.41, 5.74) is 4.77. The molecular weight excluding hydrogens is 603 g/mol. The molecule has 0 aliphatic carbocycles. The fourth-order valence-corrected chi connectivity index (χ4v) is 7.05. The number of fused-ring (bicyclic) bond motifs is 4. The number of carbonyl (C=O) groups is 2. The highest BCUT2D eigenvalue weighted by Gasteiger charge is 2.29. The van der Waals surface area contributed by atoms with Crippen LogP contribution in [0.25, 0.3) is 10.4 Å². The zero-order valence-corrected chi connectivity index (χ0v) is 26.2. The van der Waals surface area contributed by atoms with E-state index in [4.69, 9.17) is 14.5 Å². The van der Waals surface area contributed by atoms with Crippen molar-refractivity contribution in [2.24, 2.45) is 0 Å². The number of pyridine rings is 1. The molecule has 2 amide bonds. The second-order valence-electron chi connectivity index (χ2n) is 11.2. The molecule has 10 heteroatoms. The molecule has 8 nitrogen and oxygen atoms in total. The molecule has 1 N–H and O–H groups in total. The van der Waals surface area contributed by atoms with Crippen LogP contribution in [0.15, 0.2) is 84.9 Å². The molecule has 7 rings (SSSR count). The van der Waals surface area contributed by atoms with Gasteiger partial charge in [-0.15, -0.1) is 11.3 Å². The molecule has 0 fully saturated rings. The Morgan fingerprint density at radius 2 is 1.83 bits per heavy atom. The van der Waals surface area contributed by atoms with Gasteiger partial charge in [0.1, 0.15) is 35.4 Å². The van der Waals surface area contributed by atoms with Gasteiger partial charge in [-0.25, -0.2) is 9.37 Å². The van der Waals surface area contributed by atoms with Gasteiger partial charge in [-0.1, -0.05) is 36.4 Å². The van der Waals surface area contributed by atoms with Crippen molar-refractivity contribution in [3.8, 4) is 21.9 Å². The number of carbonyl (C=O) groups excluding carboxylic acids is 2. The van der Waals surface area contributed by atoms with Gasteiger partial charge in [0.05, 0.1) is 29.9 Å². The Balaban J connectivity index is 1.15. The van der Waals surface area contributed by atoms with E-state index in [2.05, 4.69) is 10.2 Å². The van der Waals surface area contributed by atoms with Gasteiger partial charge in [0.25, 0.3) is 11.8 Å². The van der Waals surface area contributed by atoms with Gasteiger partial charge >= 0.3 is 0 Å². The second kappa shape index (κ2) is 12.3. The number of thiophene rings is 1. The predicted molar refractivity (Wildman–Crippen MR) is 178 cm³/mol. The molecular formula is C36H31FN4O4S. The van der Waals surface area contributed by atoms with E-state index in [-0.39, 0.29) is 17.5 Å². The van der Waals surface area contributed by atoms with E-state index in [1.807, 2.05) is 60.7 Å². The maximum absolute atomic E-state index is 14.4. The minimum atomic E-state index is -0.474. The molecule has 0 radical (unpaired) electrons. The number of benzene rings is 3. The Hall–Kier alpha value is -5.22. The third-order valence-corrected chi connectivity index (χ3v) is 9.52. The summed E-state index contributed by atoms with van der Waals surface area (Å²) in [6, 6.07) is 25.6. The van der Waals surface area contributed by atoms with Crippen LogP contribution in [0.1, 0.15) is 36.9 Å². The summed E-state index contributed by atoms with van der Waals surface area (Å²) < 4.78 is 25.8. The number of aryl methyl sites for hydroxylation is 1. The molecule has 2 aliphatic heterocycles. The SMILES string of the molecule is COc1ccc2c(c1)OCCN(c1cccc(C(=O)N3CCc4cc(C(=O)Nc5c(C)cccc5F)sc4-c4ccccc43)n1)C2. The van der Waals surface area contributed by atoms with Gasteiger partial charge < -0.3 is 24.6 Å². The van der Waals surface area contributed by atoms with Gasteiger partial charge in [-0.3, -0.25) is 9.59 Å². The smallest absolute Gasteiger partial charge is 0.276 e. The van der Waals surface area contributed by atoms with Crippen LogP contribution in [0.5, 0.6) is 11.5 Å². The van der Waals surface area contributed by atoms with E-state index in [1.54, 1.807) is 37.1 Å². The number of nitrogens with zero attached hydrogens (tertiary/aromatic N) is 3. The van der Waals surface area contributed by atoms with Gasteiger partial charge in [0, 0.05) is 35.2 Å². The van der Waals surface area contributed by atoms with Crippen molar-refractivity contribution in [2.75, 3.05) is 41.9 Å². The van der Waals surface area contributed by atoms with Crippen molar-refractivity contribution in [3.63, 3.8) is 0 Å². The van der Waals surface area contributed by atoms with Crippen molar-refractivity contribution in [1.29, 1.82) is 0 Å². The third-order valence-electron chi connectivity index (χ3n) is 8.31.